The lowest BCUT2D eigenvalue weighted by atomic mass is 9.73. The molecular weight excluding hydrogens is 543 g/mol. The van der Waals surface area contributed by atoms with E-state index in [1.54, 1.807) is 31.5 Å². The van der Waals surface area contributed by atoms with Gasteiger partial charge in [-0.2, -0.15) is 0 Å². The van der Waals surface area contributed by atoms with Gasteiger partial charge >= 0.3 is 0 Å². The maximum absolute atomic E-state index is 13.0. The third-order valence-corrected chi connectivity index (χ3v) is 9.27. The lowest BCUT2D eigenvalue weighted by Gasteiger charge is -2.44. The van der Waals surface area contributed by atoms with Gasteiger partial charge in [0.05, 0.1) is 23.4 Å². The minimum Gasteiger partial charge on any atom is -0.497 e. The Labute approximate surface area is 238 Å². The Morgan fingerprint density at radius 3 is 2.53 bits per heavy atom. The van der Waals surface area contributed by atoms with Crippen molar-refractivity contribution in [3.63, 3.8) is 0 Å². The topological polar surface area (TPSA) is 67.3 Å². The molecule has 3 aromatic rings. The molecule has 1 aliphatic carbocycles. The summed E-state index contributed by atoms with van der Waals surface area (Å²) in [6.45, 7) is 3.97. The number of aromatic nitrogens is 2. The van der Waals surface area contributed by atoms with Crippen molar-refractivity contribution < 1.29 is 9.53 Å². The summed E-state index contributed by atoms with van der Waals surface area (Å²) in [5.41, 5.74) is 1.87. The van der Waals surface area contributed by atoms with Gasteiger partial charge in [0.2, 0.25) is 5.78 Å². The summed E-state index contributed by atoms with van der Waals surface area (Å²) >= 11 is 18.8. The lowest BCUT2D eigenvalue weighted by molar-refractivity contribution is 0.103. The SMILES string of the molecule is COc1ccc([C@@H](C)N[C@@H]2CCCC23CCN(c2cnc(C(=O)c4cccc(Cl)c4Cl)c(Cl)n2)CC3)cc1. The quantitative estimate of drug-likeness (QED) is 0.302. The number of nitrogens with zero attached hydrogens (tertiary/aromatic N) is 3. The largest absolute Gasteiger partial charge is 0.497 e. The van der Waals surface area contributed by atoms with E-state index >= 15 is 0 Å². The highest BCUT2D eigenvalue weighted by Crippen LogP contribution is 2.47. The first-order valence-corrected chi connectivity index (χ1v) is 14.1. The average Bonchev–Trinajstić information content (AvgIpc) is 3.31. The molecule has 0 radical (unpaired) electrons. The van der Waals surface area contributed by atoms with Crippen LogP contribution in [0.5, 0.6) is 5.75 Å². The second kappa shape index (κ2) is 11.4. The number of halogens is 3. The normalized spacial score (nSPS) is 19.5. The van der Waals surface area contributed by atoms with Gasteiger partial charge in [-0.25, -0.2) is 9.97 Å². The van der Waals surface area contributed by atoms with Crippen molar-refractivity contribution in [1.29, 1.82) is 0 Å². The van der Waals surface area contributed by atoms with E-state index in [4.69, 9.17) is 39.5 Å². The Balaban J connectivity index is 1.24. The van der Waals surface area contributed by atoms with Crippen LogP contribution in [-0.2, 0) is 0 Å². The van der Waals surface area contributed by atoms with E-state index in [0.29, 0.717) is 16.9 Å². The molecule has 2 heterocycles. The fraction of sp³-hybridized carbons (Fsp3) is 0.414. The van der Waals surface area contributed by atoms with Crippen molar-refractivity contribution >= 4 is 46.4 Å². The van der Waals surface area contributed by atoms with Crippen LogP contribution in [0.15, 0.2) is 48.7 Å². The number of nitrogens with one attached hydrogen (secondary N) is 1. The molecule has 2 aliphatic rings. The molecule has 9 heteroatoms. The molecule has 6 nitrogen and oxygen atoms in total. The van der Waals surface area contributed by atoms with Gasteiger partial charge in [0, 0.05) is 30.7 Å². The van der Waals surface area contributed by atoms with Crippen LogP contribution in [0, 0.1) is 5.41 Å². The molecule has 1 spiro atoms. The first-order valence-electron chi connectivity index (χ1n) is 13.0. The number of anilines is 1. The van der Waals surface area contributed by atoms with Crippen molar-refractivity contribution in [2.75, 3.05) is 25.1 Å². The molecule has 38 heavy (non-hydrogen) atoms. The minimum atomic E-state index is -0.398. The first-order chi connectivity index (χ1) is 18.3. The van der Waals surface area contributed by atoms with Crippen molar-refractivity contribution in [3.05, 3.63) is 80.7 Å². The van der Waals surface area contributed by atoms with Gasteiger partial charge < -0.3 is 15.0 Å². The Bertz CT molecular complexity index is 1310. The van der Waals surface area contributed by atoms with E-state index in [1.165, 1.54) is 24.8 Å². The highest BCUT2D eigenvalue weighted by atomic mass is 35.5. The first kappa shape index (κ1) is 27.2. The molecule has 2 atom stereocenters. The van der Waals surface area contributed by atoms with Crippen LogP contribution >= 0.6 is 34.8 Å². The van der Waals surface area contributed by atoms with Gasteiger partial charge in [-0.05, 0) is 67.9 Å². The number of methoxy groups -OCH3 is 1. The minimum absolute atomic E-state index is 0.0672. The van der Waals surface area contributed by atoms with E-state index < -0.39 is 5.78 Å². The van der Waals surface area contributed by atoms with Gasteiger partial charge in [-0.3, -0.25) is 4.79 Å². The number of carbonyl (C=O) groups excluding carboxylic acids is 1. The fourth-order valence-electron chi connectivity index (χ4n) is 5.94. The molecule has 1 N–H and O–H groups in total. The summed E-state index contributed by atoms with van der Waals surface area (Å²) in [4.78, 5) is 24.1. The zero-order valence-corrected chi connectivity index (χ0v) is 23.8. The maximum Gasteiger partial charge on any atom is 0.216 e. The molecule has 1 saturated carbocycles. The summed E-state index contributed by atoms with van der Waals surface area (Å²) in [6, 6.07) is 14.0. The second-order valence-corrected chi connectivity index (χ2v) is 11.4. The van der Waals surface area contributed by atoms with Gasteiger partial charge in [0.15, 0.2) is 5.15 Å². The molecule has 200 valence electrons. The average molecular weight is 574 g/mol. The highest BCUT2D eigenvalue weighted by Gasteiger charge is 2.45. The number of carbonyl (C=O) groups is 1. The number of ketones is 1. The van der Waals surface area contributed by atoms with E-state index in [9.17, 15) is 4.79 Å². The van der Waals surface area contributed by atoms with Crippen LogP contribution in [0.25, 0.3) is 0 Å². The summed E-state index contributed by atoms with van der Waals surface area (Å²) < 4.78 is 5.30. The molecule has 1 saturated heterocycles. The monoisotopic (exact) mass is 572 g/mol. The summed E-state index contributed by atoms with van der Waals surface area (Å²) in [7, 11) is 1.69. The number of benzene rings is 2. The summed E-state index contributed by atoms with van der Waals surface area (Å²) in [5.74, 6) is 1.16. The Morgan fingerprint density at radius 1 is 1.11 bits per heavy atom. The van der Waals surface area contributed by atoms with Crippen LogP contribution in [0.3, 0.4) is 0 Å². The van der Waals surface area contributed by atoms with Crippen LogP contribution in [0.4, 0.5) is 5.82 Å². The predicted molar refractivity (Wildman–Crippen MR) is 153 cm³/mol. The third kappa shape index (κ3) is 5.37. The standard InChI is InChI=1S/C29H31Cl3N4O2/c1-18(19-8-10-20(38-2)11-9-19)34-23-7-4-12-29(23)13-15-36(16-14-29)24-17-33-26(28(32)35-24)27(37)21-5-3-6-22(30)25(21)31/h3,5-6,8-11,17-18,23,34H,4,7,12-16H2,1-2H3/t18-,23-/m1/s1. The molecule has 1 aliphatic heterocycles. The zero-order chi connectivity index (χ0) is 26.9. The summed E-state index contributed by atoms with van der Waals surface area (Å²) in [5, 5.41) is 4.49. The molecule has 0 amide bonds. The van der Waals surface area contributed by atoms with E-state index in [2.05, 4.69) is 39.2 Å². The zero-order valence-electron chi connectivity index (χ0n) is 21.5. The van der Waals surface area contributed by atoms with Crippen LogP contribution in [-0.4, -0.2) is 42.0 Å². The number of ether oxygens (including phenoxy) is 1. The van der Waals surface area contributed by atoms with Crippen molar-refractivity contribution in [2.45, 2.75) is 51.1 Å². The molecule has 0 bridgehead atoms. The Hall–Kier alpha value is -2.38. The molecule has 0 unspecified atom stereocenters. The van der Waals surface area contributed by atoms with Crippen LogP contribution < -0.4 is 15.0 Å². The third-order valence-electron chi connectivity index (χ3n) is 8.19. The van der Waals surface area contributed by atoms with E-state index in [0.717, 1.165) is 31.7 Å². The van der Waals surface area contributed by atoms with E-state index in [1.807, 2.05) is 12.1 Å². The predicted octanol–water partition coefficient (Wildman–Crippen LogP) is 7.17. The highest BCUT2D eigenvalue weighted by molar-refractivity contribution is 6.44. The summed E-state index contributed by atoms with van der Waals surface area (Å²) in [6.07, 6.45) is 7.42. The smallest absolute Gasteiger partial charge is 0.216 e. The number of piperidine rings is 1. The van der Waals surface area contributed by atoms with Gasteiger partial charge in [0.1, 0.15) is 17.3 Å². The molecule has 5 rings (SSSR count). The maximum atomic E-state index is 13.0. The van der Waals surface area contributed by atoms with Crippen molar-refractivity contribution in [1.82, 2.24) is 15.3 Å². The second-order valence-electron chi connectivity index (χ2n) is 10.3. The van der Waals surface area contributed by atoms with Crippen LogP contribution in [0.1, 0.15) is 66.7 Å². The lowest BCUT2D eigenvalue weighted by Crippen LogP contribution is -2.49. The van der Waals surface area contributed by atoms with Crippen molar-refractivity contribution in [3.8, 4) is 5.75 Å². The number of hydrogen-bond acceptors (Lipinski definition) is 6. The van der Waals surface area contributed by atoms with E-state index in [-0.39, 0.29) is 32.9 Å². The molecule has 2 aromatic carbocycles. The fourth-order valence-corrected chi connectivity index (χ4v) is 6.55. The van der Waals surface area contributed by atoms with Gasteiger partial charge in [-0.1, -0.05) is 59.4 Å². The number of hydrogen-bond donors (Lipinski definition) is 1. The molecule has 2 fully saturated rings. The molecule has 1 aromatic heterocycles. The number of rotatable bonds is 7. The molecular formula is C29H31Cl3N4O2. The van der Waals surface area contributed by atoms with Crippen LogP contribution in [0.2, 0.25) is 15.2 Å². The Kier molecular flexibility index (Phi) is 8.15. The Morgan fingerprint density at radius 2 is 1.84 bits per heavy atom. The van der Waals surface area contributed by atoms with Gasteiger partial charge in [-0.15, -0.1) is 0 Å². The van der Waals surface area contributed by atoms with Gasteiger partial charge in [0.25, 0.3) is 0 Å². The van der Waals surface area contributed by atoms with Crippen molar-refractivity contribution in [2.24, 2.45) is 5.41 Å².